The van der Waals surface area contributed by atoms with E-state index in [9.17, 15) is 4.79 Å². The zero-order chi connectivity index (χ0) is 12.0. The molecule has 0 aliphatic heterocycles. The molecule has 0 saturated heterocycles. The van der Waals surface area contributed by atoms with E-state index < -0.39 is 0 Å². The molecule has 0 bridgehead atoms. The van der Waals surface area contributed by atoms with Crippen molar-refractivity contribution >= 4 is 21.8 Å². The predicted octanol–water partition coefficient (Wildman–Crippen LogP) is 3.21. The van der Waals surface area contributed by atoms with Crippen LogP contribution in [-0.4, -0.2) is 10.7 Å². The molecule has 3 heteroatoms. The maximum Gasteiger partial charge on any atom is 0.226 e. The maximum atomic E-state index is 11.5. The number of unbranched alkanes of at least 4 members (excludes halogenated alkanes) is 1. The number of rotatable bonds is 6. The number of amides is 1. The van der Waals surface area contributed by atoms with Crippen LogP contribution in [0.5, 0.6) is 0 Å². The summed E-state index contributed by atoms with van der Waals surface area (Å²) in [5.74, 6) is -0.489. The zero-order valence-corrected chi connectivity index (χ0v) is 11.1. The van der Waals surface area contributed by atoms with Gasteiger partial charge in [-0.15, -0.1) is 0 Å². The minimum atomic E-state index is -0.260. The highest BCUT2D eigenvalue weighted by molar-refractivity contribution is 9.09. The number of nitrogens with two attached hydrogens (primary N) is 1. The van der Waals surface area contributed by atoms with Crippen LogP contribution in [0.2, 0.25) is 0 Å². The van der Waals surface area contributed by atoms with Gasteiger partial charge in [0, 0.05) is 4.83 Å². The van der Waals surface area contributed by atoms with Crippen LogP contribution in [0.25, 0.3) is 0 Å². The standard InChI is InChI=1S/C13H18BrNO/c1-2-3-9-11(14)12(13(15)16)10-7-5-4-6-8-10/h4-8,11-12H,2-3,9H2,1H3,(H2,15,16). The summed E-state index contributed by atoms with van der Waals surface area (Å²) < 4.78 is 0. The third-order valence-electron chi connectivity index (χ3n) is 2.66. The highest BCUT2D eigenvalue weighted by Gasteiger charge is 2.25. The molecule has 1 rings (SSSR count). The Morgan fingerprint density at radius 2 is 2.00 bits per heavy atom. The van der Waals surface area contributed by atoms with E-state index in [1.54, 1.807) is 0 Å². The van der Waals surface area contributed by atoms with Crippen LogP contribution in [0.1, 0.15) is 37.7 Å². The van der Waals surface area contributed by atoms with Crippen LogP contribution in [0.15, 0.2) is 30.3 Å². The Morgan fingerprint density at radius 3 is 2.50 bits per heavy atom. The Balaban J connectivity index is 2.79. The van der Waals surface area contributed by atoms with Crippen molar-refractivity contribution in [3.05, 3.63) is 35.9 Å². The highest BCUT2D eigenvalue weighted by atomic mass is 79.9. The van der Waals surface area contributed by atoms with Gasteiger partial charge in [-0.25, -0.2) is 0 Å². The minimum Gasteiger partial charge on any atom is -0.369 e. The van der Waals surface area contributed by atoms with Gasteiger partial charge in [0.2, 0.25) is 5.91 Å². The highest BCUT2D eigenvalue weighted by Crippen LogP contribution is 2.28. The van der Waals surface area contributed by atoms with Gasteiger partial charge >= 0.3 is 0 Å². The molecule has 1 aromatic carbocycles. The van der Waals surface area contributed by atoms with Crippen molar-refractivity contribution < 1.29 is 4.79 Å². The molecule has 2 N–H and O–H groups in total. The Kier molecular flexibility index (Phi) is 5.53. The molecule has 88 valence electrons. The third kappa shape index (κ3) is 3.63. The number of primary amides is 1. The van der Waals surface area contributed by atoms with Crippen molar-refractivity contribution in [2.45, 2.75) is 36.9 Å². The first-order valence-corrected chi connectivity index (χ1v) is 6.56. The van der Waals surface area contributed by atoms with Crippen LogP contribution in [0, 0.1) is 0 Å². The minimum absolute atomic E-state index is 0.132. The molecule has 2 atom stereocenters. The van der Waals surface area contributed by atoms with Crippen LogP contribution >= 0.6 is 15.9 Å². The zero-order valence-electron chi connectivity index (χ0n) is 9.53. The van der Waals surface area contributed by atoms with Crippen molar-refractivity contribution in [1.29, 1.82) is 0 Å². The largest absolute Gasteiger partial charge is 0.369 e. The van der Waals surface area contributed by atoms with E-state index in [4.69, 9.17) is 5.73 Å². The van der Waals surface area contributed by atoms with Crippen molar-refractivity contribution in [2.75, 3.05) is 0 Å². The number of benzene rings is 1. The van der Waals surface area contributed by atoms with Gasteiger partial charge in [0.05, 0.1) is 5.92 Å². The monoisotopic (exact) mass is 283 g/mol. The summed E-state index contributed by atoms with van der Waals surface area (Å²) >= 11 is 3.58. The van der Waals surface area contributed by atoms with Crippen molar-refractivity contribution in [2.24, 2.45) is 5.73 Å². The summed E-state index contributed by atoms with van der Waals surface area (Å²) in [5.41, 5.74) is 6.47. The lowest BCUT2D eigenvalue weighted by Gasteiger charge is -2.19. The Bertz CT molecular complexity index is 326. The summed E-state index contributed by atoms with van der Waals surface area (Å²) in [4.78, 5) is 11.6. The van der Waals surface area contributed by atoms with Crippen molar-refractivity contribution in [1.82, 2.24) is 0 Å². The van der Waals surface area contributed by atoms with Gasteiger partial charge in [0.25, 0.3) is 0 Å². The predicted molar refractivity (Wildman–Crippen MR) is 70.6 cm³/mol. The molecule has 0 fully saturated rings. The second kappa shape index (κ2) is 6.69. The molecule has 2 unspecified atom stereocenters. The molecule has 0 spiro atoms. The summed E-state index contributed by atoms with van der Waals surface area (Å²) in [7, 11) is 0. The Hall–Kier alpha value is -0.830. The van der Waals surface area contributed by atoms with Gasteiger partial charge in [0.1, 0.15) is 0 Å². The smallest absolute Gasteiger partial charge is 0.226 e. The number of carbonyl (C=O) groups excluding carboxylic acids is 1. The molecule has 0 aliphatic carbocycles. The number of hydrogen-bond donors (Lipinski definition) is 1. The number of carbonyl (C=O) groups is 1. The van der Waals surface area contributed by atoms with Crippen LogP contribution in [0.4, 0.5) is 0 Å². The summed E-state index contributed by atoms with van der Waals surface area (Å²) in [5, 5.41) is 0. The molecule has 16 heavy (non-hydrogen) atoms. The Labute approximate surface area is 105 Å². The van der Waals surface area contributed by atoms with Crippen molar-refractivity contribution in [3.63, 3.8) is 0 Å². The molecule has 2 nitrogen and oxygen atoms in total. The number of alkyl halides is 1. The van der Waals surface area contributed by atoms with Gasteiger partial charge in [0.15, 0.2) is 0 Å². The molecular weight excluding hydrogens is 266 g/mol. The maximum absolute atomic E-state index is 11.5. The first kappa shape index (κ1) is 13.2. The lowest BCUT2D eigenvalue weighted by molar-refractivity contribution is -0.119. The van der Waals surface area contributed by atoms with E-state index in [2.05, 4.69) is 22.9 Å². The van der Waals surface area contributed by atoms with Gasteiger partial charge in [-0.05, 0) is 12.0 Å². The van der Waals surface area contributed by atoms with E-state index in [-0.39, 0.29) is 16.7 Å². The second-order valence-corrected chi connectivity index (χ2v) is 5.13. The lowest BCUT2D eigenvalue weighted by atomic mass is 9.92. The van der Waals surface area contributed by atoms with E-state index in [1.807, 2.05) is 30.3 Å². The SMILES string of the molecule is CCCCC(Br)C(C(N)=O)c1ccccc1. The van der Waals surface area contributed by atoms with Gasteiger partial charge < -0.3 is 5.73 Å². The fourth-order valence-corrected chi connectivity index (χ4v) is 2.67. The molecular formula is C13H18BrNO. The van der Waals surface area contributed by atoms with Gasteiger partial charge in [-0.2, -0.15) is 0 Å². The second-order valence-electron chi connectivity index (χ2n) is 3.95. The molecule has 1 aromatic rings. The average Bonchev–Trinajstić information content (AvgIpc) is 2.27. The first-order valence-electron chi connectivity index (χ1n) is 5.65. The van der Waals surface area contributed by atoms with Gasteiger partial charge in [-0.1, -0.05) is 66.0 Å². The Morgan fingerprint density at radius 1 is 1.38 bits per heavy atom. The van der Waals surface area contributed by atoms with E-state index in [0.717, 1.165) is 24.8 Å². The molecule has 0 saturated carbocycles. The van der Waals surface area contributed by atoms with Crippen LogP contribution < -0.4 is 5.73 Å². The van der Waals surface area contributed by atoms with E-state index in [0.29, 0.717) is 0 Å². The quantitative estimate of drug-likeness (QED) is 0.801. The van der Waals surface area contributed by atoms with Crippen molar-refractivity contribution in [3.8, 4) is 0 Å². The van der Waals surface area contributed by atoms with E-state index >= 15 is 0 Å². The number of halogens is 1. The molecule has 0 heterocycles. The average molecular weight is 284 g/mol. The molecule has 1 amide bonds. The normalized spacial score (nSPS) is 14.4. The molecule has 0 aliphatic rings. The summed E-state index contributed by atoms with van der Waals surface area (Å²) in [6.07, 6.45) is 3.20. The summed E-state index contributed by atoms with van der Waals surface area (Å²) in [6, 6.07) is 9.72. The fraction of sp³-hybridized carbons (Fsp3) is 0.462. The molecule has 0 aromatic heterocycles. The van der Waals surface area contributed by atoms with Crippen LogP contribution in [-0.2, 0) is 4.79 Å². The van der Waals surface area contributed by atoms with E-state index in [1.165, 1.54) is 0 Å². The number of hydrogen-bond acceptors (Lipinski definition) is 1. The fourth-order valence-electron chi connectivity index (χ4n) is 1.78. The summed E-state index contributed by atoms with van der Waals surface area (Å²) in [6.45, 7) is 2.14. The van der Waals surface area contributed by atoms with Gasteiger partial charge in [-0.3, -0.25) is 4.79 Å². The third-order valence-corrected chi connectivity index (χ3v) is 3.65. The lowest BCUT2D eigenvalue weighted by Crippen LogP contribution is -2.28. The van der Waals surface area contributed by atoms with Crippen LogP contribution in [0.3, 0.4) is 0 Å². The first-order chi connectivity index (χ1) is 7.66. The molecule has 0 radical (unpaired) electrons. The topological polar surface area (TPSA) is 43.1 Å².